The molecule has 1 aromatic heterocycles. The highest BCUT2D eigenvalue weighted by atomic mass is 19.4. The zero-order valence-electron chi connectivity index (χ0n) is 12.6. The van der Waals surface area contributed by atoms with Gasteiger partial charge in [-0.3, -0.25) is 9.48 Å². The van der Waals surface area contributed by atoms with Crippen molar-refractivity contribution in [3.05, 3.63) is 42.2 Å². The minimum Gasteiger partial charge on any atom is -0.406 e. The van der Waals surface area contributed by atoms with Crippen molar-refractivity contribution in [3.63, 3.8) is 0 Å². The van der Waals surface area contributed by atoms with Gasteiger partial charge < -0.3 is 10.1 Å². The van der Waals surface area contributed by atoms with Gasteiger partial charge >= 0.3 is 6.36 Å². The van der Waals surface area contributed by atoms with Crippen molar-refractivity contribution in [2.75, 3.05) is 5.32 Å². The minimum absolute atomic E-state index is 0.186. The highest BCUT2D eigenvalue weighted by Crippen LogP contribution is 2.23. The van der Waals surface area contributed by atoms with E-state index in [-0.39, 0.29) is 17.6 Å². The first-order valence-electron chi connectivity index (χ1n) is 6.87. The highest BCUT2D eigenvalue weighted by Gasteiger charge is 2.31. The van der Waals surface area contributed by atoms with Crippen molar-refractivity contribution >= 4 is 11.6 Å². The maximum absolute atomic E-state index is 12.1. The molecule has 0 aliphatic carbocycles. The first-order valence-corrected chi connectivity index (χ1v) is 6.87. The molecule has 0 aliphatic heterocycles. The summed E-state index contributed by atoms with van der Waals surface area (Å²) in [5.41, 5.74) is 1.34. The average molecular weight is 327 g/mol. The Morgan fingerprint density at radius 2 is 2.00 bits per heavy atom. The fraction of sp³-hybridized carbons (Fsp3) is 0.333. The summed E-state index contributed by atoms with van der Waals surface area (Å²) in [6.45, 7) is 1.74. The molecule has 0 spiro atoms. The Morgan fingerprint density at radius 1 is 1.35 bits per heavy atom. The molecular formula is C15H16F3N3O2. The lowest BCUT2D eigenvalue weighted by Gasteiger charge is -2.12. The number of anilines is 1. The molecule has 0 fully saturated rings. The van der Waals surface area contributed by atoms with Crippen LogP contribution in [0.25, 0.3) is 0 Å². The highest BCUT2D eigenvalue weighted by molar-refractivity contribution is 5.92. The van der Waals surface area contributed by atoms with E-state index >= 15 is 0 Å². The number of halogens is 3. The number of carbonyl (C=O) groups is 1. The number of amides is 1. The normalized spacial score (nSPS) is 12.7. The molecular weight excluding hydrogens is 311 g/mol. The summed E-state index contributed by atoms with van der Waals surface area (Å²) in [6.07, 6.45) is -1.10. The van der Waals surface area contributed by atoms with E-state index in [1.54, 1.807) is 24.9 Å². The Hall–Kier alpha value is -2.51. The molecule has 2 rings (SSSR count). The SMILES string of the molecule is CC(Cc1ccc(OC(F)(F)F)cc1)C(=O)Nc1cnn(C)c1. The fourth-order valence-electron chi connectivity index (χ4n) is 2.02. The first-order chi connectivity index (χ1) is 10.7. The Balaban J connectivity index is 1.91. The van der Waals surface area contributed by atoms with Crippen molar-refractivity contribution in [2.45, 2.75) is 19.7 Å². The number of alkyl halides is 3. The molecule has 1 amide bonds. The second kappa shape index (κ2) is 6.72. The first kappa shape index (κ1) is 16.9. The smallest absolute Gasteiger partial charge is 0.406 e. The van der Waals surface area contributed by atoms with E-state index in [0.29, 0.717) is 12.1 Å². The number of hydrogen-bond acceptors (Lipinski definition) is 3. The van der Waals surface area contributed by atoms with Crippen LogP contribution in [0.3, 0.4) is 0 Å². The van der Waals surface area contributed by atoms with Crippen LogP contribution in [-0.4, -0.2) is 22.1 Å². The summed E-state index contributed by atoms with van der Waals surface area (Å²) in [5, 5.41) is 6.68. The number of ether oxygens (including phenoxy) is 1. The second-order valence-electron chi connectivity index (χ2n) is 5.19. The lowest BCUT2D eigenvalue weighted by molar-refractivity contribution is -0.274. The molecule has 1 unspecified atom stereocenters. The van der Waals surface area contributed by atoms with Crippen LogP contribution in [0.1, 0.15) is 12.5 Å². The van der Waals surface area contributed by atoms with Crippen molar-refractivity contribution in [1.82, 2.24) is 9.78 Å². The van der Waals surface area contributed by atoms with Crippen molar-refractivity contribution in [2.24, 2.45) is 13.0 Å². The Bertz CT molecular complexity index is 665. The lowest BCUT2D eigenvalue weighted by Crippen LogP contribution is -2.22. The third-order valence-corrected chi connectivity index (χ3v) is 3.12. The molecule has 0 aliphatic rings. The van der Waals surface area contributed by atoms with Gasteiger partial charge in [0.25, 0.3) is 0 Å². The molecule has 0 bridgehead atoms. The molecule has 23 heavy (non-hydrogen) atoms. The van der Waals surface area contributed by atoms with Crippen LogP contribution in [0, 0.1) is 5.92 Å². The van der Waals surface area contributed by atoms with E-state index in [0.717, 1.165) is 5.56 Å². The standard InChI is InChI=1S/C15H16F3N3O2/c1-10(14(22)20-12-8-19-21(2)9-12)7-11-3-5-13(6-4-11)23-15(16,17)18/h3-6,8-10H,7H2,1-2H3,(H,20,22). The number of carbonyl (C=O) groups excluding carboxylic acids is 1. The summed E-state index contributed by atoms with van der Waals surface area (Å²) in [7, 11) is 1.74. The number of aryl methyl sites for hydroxylation is 1. The van der Waals surface area contributed by atoms with Crippen LogP contribution in [0.4, 0.5) is 18.9 Å². The third-order valence-electron chi connectivity index (χ3n) is 3.12. The monoisotopic (exact) mass is 327 g/mol. The number of rotatable bonds is 5. The van der Waals surface area contributed by atoms with Gasteiger partial charge in [0.05, 0.1) is 11.9 Å². The summed E-state index contributed by atoms with van der Waals surface area (Å²) < 4.78 is 41.6. The number of aromatic nitrogens is 2. The van der Waals surface area contributed by atoms with Crippen molar-refractivity contribution in [3.8, 4) is 5.75 Å². The van der Waals surface area contributed by atoms with E-state index < -0.39 is 6.36 Å². The largest absolute Gasteiger partial charge is 0.573 e. The number of benzene rings is 1. The van der Waals surface area contributed by atoms with Crippen LogP contribution >= 0.6 is 0 Å². The van der Waals surface area contributed by atoms with Crippen molar-refractivity contribution < 1.29 is 22.7 Å². The van der Waals surface area contributed by atoms with Gasteiger partial charge in [-0.25, -0.2) is 0 Å². The van der Waals surface area contributed by atoms with Gasteiger partial charge in [0.15, 0.2) is 0 Å². The number of nitrogens with one attached hydrogen (secondary N) is 1. The molecule has 0 saturated heterocycles. The molecule has 5 nitrogen and oxygen atoms in total. The molecule has 1 atom stereocenters. The minimum atomic E-state index is -4.71. The van der Waals surface area contributed by atoms with Crippen LogP contribution in [0.15, 0.2) is 36.7 Å². The lowest BCUT2D eigenvalue weighted by atomic mass is 10.0. The summed E-state index contributed by atoms with van der Waals surface area (Å²) >= 11 is 0. The van der Waals surface area contributed by atoms with E-state index in [2.05, 4.69) is 15.2 Å². The van der Waals surface area contributed by atoms with Gasteiger partial charge in [-0.2, -0.15) is 5.10 Å². The third kappa shape index (κ3) is 5.32. The van der Waals surface area contributed by atoms with Crippen LogP contribution < -0.4 is 10.1 Å². The summed E-state index contributed by atoms with van der Waals surface area (Å²) in [4.78, 5) is 12.1. The van der Waals surface area contributed by atoms with Gasteiger partial charge in [0, 0.05) is 19.2 Å². The van der Waals surface area contributed by atoms with Crippen LogP contribution in [0.2, 0.25) is 0 Å². The Kier molecular flexibility index (Phi) is 4.92. The molecule has 1 heterocycles. The van der Waals surface area contributed by atoms with Gasteiger partial charge in [0.1, 0.15) is 5.75 Å². The maximum atomic E-state index is 12.1. The average Bonchev–Trinajstić information content (AvgIpc) is 2.84. The summed E-state index contributed by atoms with van der Waals surface area (Å²) in [5.74, 6) is -0.813. The zero-order valence-corrected chi connectivity index (χ0v) is 12.6. The second-order valence-corrected chi connectivity index (χ2v) is 5.19. The molecule has 0 radical (unpaired) electrons. The quantitative estimate of drug-likeness (QED) is 0.918. The van der Waals surface area contributed by atoms with Gasteiger partial charge in [0.2, 0.25) is 5.91 Å². The van der Waals surface area contributed by atoms with E-state index in [1.165, 1.54) is 30.5 Å². The molecule has 8 heteroatoms. The van der Waals surface area contributed by atoms with Gasteiger partial charge in [-0.15, -0.1) is 13.2 Å². The molecule has 1 aromatic carbocycles. The fourth-order valence-corrected chi connectivity index (χ4v) is 2.02. The molecule has 0 saturated carbocycles. The van der Waals surface area contributed by atoms with Crippen molar-refractivity contribution in [1.29, 1.82) is 0 Å². The molecule has 1 N–H and O–H groups in total. The molecule has 124 valence electrons. The number of nitrogens with zero attached hydrogens (tertiary/aromatic N) is 2. The van der Waals surface area contributed by atoms with E-state index in [9.17, 15) is 18.0 Å². The van der Waals surface area contributed by atoms with Crippen LogP contribution in [0.5, 0.6) is 5.75 Å². The Labute approximate surface area is 131 Å². The Morgan fingerprint density at radius 3 is 2.52 bits per heavy atom. The topological polar surface area (TPSA) is 56.1 Å². The van der Waals surface area contributed by atoms with Gasteiger partial charge in [-0.1, -0.05) is 19.1 Å². The predicted molar refractivity (Wildman–Crippen MR) is 77.8 cm³/mol. The van der Waals surface area contributed by atoms with E-state index in [4.69, 9.17) is 0 Å². The zero-order chi connectivity index (χ0) is 17.0. The summed E-state index contributed by atoms with van der Waals surface area (Å²) in [6, 6.07) is 5.48. The maximum Gasteiger partial charge on any atom is 0.573 e. The van der Waals surface area contributed by atoms with Crippen LogP contribution in [-0.2, 0) is 18.3 Å². The molecule has 2 aromatic rings. The van der Waals surface area contributed by atoms with E-state index in [1.807, 2.05) is 0 Å². The predicted octanol–water partition coefficient (Wildman–Crippen LogP) is 3.14. The number of hydrogen-bond donors (Lipinski definition) is 1. The van der Waals surface area contributed by atoms with Gasteiger partial charge in [-0.05, 0) is 24.1 Å².